The summed E-state index contributed by atoms with van der Waals surface area (Å²) in [5, 5.41) is 3.46. The maximum atomic E-state index is 5.31. The molecule has 3 heteroatoms. The minimum absolute atomic E-state index is 0.511. The summed E-state index contributed by atoms with van der Waals surface area (Å²) in [6, 6.07) is 5.96. The Morgan fingerprint density at radius 3 is 2.20 bits per heavy atom. The molecule has 0 spiro atoms. The van der Waals surface area contributed by atoms with E-state index in [1.54, 1.807) is 14.2 Å². The van der Waals surface area contributed by atoms with Crippen molar-refractivity contribution in [2.75, 3.05) is 27.3 Å². The number of benzene rings is 1. The van der Waals surface area contributed by atoms with Gasteiger partial charge in [-0.15, -0.1) is 0 Å². The molecule has 1 aromatic rings. The van der Waals surface area contributed by atoms with E-state index in [-0.39, 0.29) is 0 Å². The molecule has 0 radical (unpaired) electrons. The monoisotopic (exact) mass is 277 g/mol. The average molecular weight is 277 g/mol. The Morgan fingerprint density at radius 2 is 1.75 bits per heavy atom. The molecule has 0 aliphatic carbocycles. The van der Waals surface area contributed by atoms with Gasteiger partial charge in [-0.3, -0.25) is 0 Å². The SMILES string of the molecule is CCCNCC(=Cc1cc(OC)cc(OC)c1)C(C)C. The maximum Gasteiger partial charge on any atom is 0.123 e. The van der Waals surface area contributed by atoms with Gasteiger partial charge < -0.3 is 14.8 Å². The lowest BCUT2D eigenvalue weighted by atomic mass is 10.00. The van der Waals surface area contributed by atoms with Crippen molar-refractivity contribution < 1.29 is 9.47 Å². The van der Waals surface area contributed by atoms with Crippen molar-refractivity contribution >= 4 is 6.08 Å². The summed E-state index contributed by atoms with van der Waals surface area (Å²) in [4.78, 5) is 0. The van der Waals surface area contributed by atoms with Crippen molar-refractivity contribution in [3.8, 4) is 11.5 Å². The lowest BCUT2D eigenvalue weighted by Crippen LogP contribution is -2.19. The van der Waals surface area contributed by atoms with E-state index in [0.29, 0.717) is 5.92 Å². The minimum atomic E-state index is 0.511. The molecule has 0 saturated heterocycles. The van der Waals surface area contributed by atoms with Crippen LogP contribution < -0.4 is 14.8 Å². The van der Waals surface area contributed by atoms with Gasteiger partial charge in [-0.25, -0.2) is 0 Å². The Kier molecular flexibility index (Phi) is 7.16. The van der Waals surface area contributed by atoms with Gasteiger partial charge in [0.2, 0.25) is 0 Å². The highest BCUT2D eigenvalue weighted by molar-refractivity contribution is 5.58. The van der Waals surface area contributed by atoms with Gasteiger partial charge in [0, 0.05) is 12.6 Å². The van der Waals surface area contributed by atoms with Crippen LogP contribution in [0.5, 0.6) is 11.5 Å². The molecule has 1 rings (SSSR count). The first-order chi connectivity index (χ1) is 9.60. The second-order valence-corrected chi connectivity index (χ2v) is 5.20. The van der Waals surface area contributed by atoms with E-state index in [9.17, 15) is 0 Å². The summed E-state index contributed by atoms with van der Waals surface area (Å²) in [5.41, 5.74) is 2.50. The zero-order valence-electron chi connectivity index (χ0n) is 13.3. The van der Waals surface area contributed by atoms with Crippen LogP contribution in [0.3, 0.4) is 0 Å². The summed E-state index contributed by atoms with van der Waals surface area (Å²) in [6.07, 6.45) is 3.37. The fraction of sp³-hybridized carbons (Fsp3) is 0.529. The second kappa shape index (κ2) is 8.64. The summed E-state index contributed by atoms with van der Waals surface area (Å²) in [6.45, 7) is 8.59. The molecule has 0 aliphatic rings. The van der Waals surface area contributed by atoms with Gasteiger partial charge in [0.1, 0.15) is 11.5 Å². The Hall–Kier alpha value is -1.48. The maximum absolute atomic E-state index is 5.31. The predicted molar refractivity (Wildman–Crippen MR) is 85.5 cm³/mol. The number of rotatable bonds is 8. The highest BCUT2D eigenvalue weighted by atomic mass is 16.5. The van der Waals surface area contributed by atoms with E-state index in [1.165, 1.54) is 5.57 Å². The van der Waals surface area contributed by atoms with E-state index >= 15 is 0 Å². The quantitative estimate of drug-likeness (QED) is 0.734. The lowest BCUT2D eigenvalue weighted by Gasteiger charge is -2.13. The third kappa shape index (κ3) is 5.25. The van der Waals surface area contributed by atoms with Crippen molar-refractivity contribution in [2.45, 2.75) is 27.2 Å². The molecule has 3 nitrogen and oxygen atoms in total. The van der Waals surface area contributed by atoms with E-state index in [0.717, 1.165) is 36.6 Å². The van der Waals surface area contributed by atoms with Crippen molar-refractivity contribution in [3.05, 3.63) is 29.3 Å². The molecular weight excluding hydrogens is 250 g/mol. The van der Waals surface area contributed by atoms with Crippen LogP contribution >= 0.6 is 0 Å². The Morgan fingerprint density at radius 1 is 1.15 bits per heavy atom. The minimum Gasteiger partial charge on any atom is -0.497 e. The Balaban J connectivity index is 2.97. The van der Waals surface area contributed by atoms with Crippen LogP contribution in [0.25, 0.3) is 6.08 Å². The zero-order chi connectivity index (χ0) is 15.0. The predicted octanol–water partition coefficient (Wildman–Crippen LogP) is 3.74. The smallest absolute Gasteiger partial charge is 0.123 e. The molecule has 0 fully saturated rings. The molecule has 0 unspecified atom stereocenters. The molecule has 20 heavy (non-hydrogen) atoms. The molecule has 0 amide bonds. The van der Waals surface area contributed by atoms with Crippen LogP contribution in [0.1, 0.15) is 32.8 Å². The van der Waals surface area contributed by atoms with Crippen LogP contribution in [0.4, 0.5) is 0 Å². The fourth-order valence-corrected chi connectivity index (χ4v) is 1.96. The second-order valence-electron chi connectivity index (χ2n) is 5.20. The van der Waals surface area contributed by atoms with Gasteiger partial charge in [0.05, 0.1) is 14.2 Å². The lowest BCUT2D eigenvalue weighted by molar-refractivity contribution is 0.394. The number of hydrogen-bond acceptors (Lipinski definition) is 3. The highest BCUT2D eigenvalue weighted by Gasteiger charge is 2.05. The average Bonchev–Trinajstić information content (AvgIpc) is 2.45. The largest absolute Gasteiger partial charge is 0.497 e. The molecular formula is C17H27NO2. The van der Waals surface area contributed by atoms with Crippen LogP contribution in [0.2, 0.25) is 0 Å². The molecule has 0 saturated carbocycles. The summed E-state index contributed by atoms with van der Waals surface area (Å²) < 4.78 is 10.6. The fourth-order valence-electron chi connectivity index (χ4n) is 1.96. The highest BCUT2D eigenvalue weighted by Crippen LogP contribution is 2.25. The van der Waals surface area contributed by atoms with E-state index < -0.39 is 0 Å². The molecule has 0 heterocycles. The van der Waals surface area contributed by atoms with Crippen molar-refractivity contribution in [1.29, 1.82) is 0 Å². The zero-order valence-corrected chi connectivity index (χ0v) is 13.3. The number of nitrogens with one attached hydrogen (secondary N) is 1. The van der Waals surface area contributed by atoms with Gasteiger partial charge in [-0.2, -0.15) is 0 Å². The van der Waals surface area contributed by atoms with Gasteiger partial charge in [-0.05, 0) is 36.6 Å². The standard InChI is InChI=1S/C17H27NO2/c1-6-7-18-12-15(13(2)3)8-14-9-16(19-4)11-17(10-14)20-5/h8-11,13,18H,6-7,12H2,1-5H3. The molecule has 0 aliphatic heterocycles. The molecule has 0 atom stereocenters. The molecule has 112 valence electrons. The first-order valence-corrected chi connectivity index (χ1v) is 7.25. The summed E-state index contributed by atoms with van der Waals surface area (Å²) >= 11 is 0. The molecule has 0 aromatic heterocycles. The molecule has 1 N–H and O–H groups in total. The molecule has 1 aromatic carbocycles. The number of methoxy groups -OCH3 is 2. The number of ether oxygens (including phenoxy) is 2. The first-order valence-electron chi connectivity index (χ1n) is 7.25. The number of hydrogen-bond donors (Lipinski definition) is 1. The van der Waals surface area contributed by atoms with Crippen molar-refractivity contribution in [2.24, 2.45) is 5.92 Å². The van der Waals surface area contributed by atoms with E-state index in [4.69, 9.17) is 9.47 Å². The van der Waals surface area contributed by atoms with Gasteiger partial charge in [0.15, 0.2) is 0 Å². The normalized spacial score (nSPS) is 11.8. The Labute approximate surface area is 123 Å². The van der Waals surface area contributed by atoms with Gasteiger partial charge in [-0.1, -0.05) is 32.4 Å². The van der Waals surface area contributed by atoms with E-state index in [1.807, 2.05) is 18.2 Å². The van der Waals surface area contributed by atoms with Crippen LogP contribution in [-0.4, -0.2) is 27.3 Å². The summed E-state index contributed by atoms with van der Waals surface area (Å²) in [7, 11) is 3.35. The van der Waals surface area contributed by atoms with Crippen molar-refractivity contribution in [3.63, 3.8) is 0 Å². The van der Waals surface area contributed by atoms with Crippen molar-refractivity contribution in [1.82, 2.24) is 5.32 Å². The topological polar surface area (TPSA) is 30.5 Å². The first kappa shape index (κ1) is 16.6. The third-order valence-electron chi connectivity index (χ3n) is 3.22. The Bertz CT molecular complexity index is 416. The van der Waals surface area contributed by atoms with Gasteiger partial charge in [0.25, 0.3) is 0 Å². The third-order valence-corrected chi connectivity index (χ3v) is 3.22. The summed E-state index contributed by atoms with van der Waals surface area (Å²) in [5.74, 6) is 2.15. The van der Waals surface area contributed by atoms with Crippen LogP contribution in [0.15, 0.2) is 23.8 Å². The van der Waals surface area contributed by atoms with Crippen LogP contribution in [0, 0.1) is 5.92 Å². The van der Waals surface area contributed by atoms with Gasteiger partial charge >= 0.3 is 0 Å². The van der Waals surface area contributed by atoms with E-state index in [2.05, 4.69) is 32.2 Å². The van der Waals surface area contributed by atoms with Crippen LogP contribution in [-0.2, 0) is 0 Å². The molecule has 0 bridgehead atoms.